The van der Waals surface area contributed by atoms with Crippen LogP contribution in [-0.2, 0) is 0 Å². The standard InChI is InChI=1S/C16H36N.C7H5N3O3/c1-5-9-13-17(14-10-6-2,15-11-7-3)16-12-8-4;11-7(12)4-2-1-3-5-6(4)8-9-10(5)13/h5-16H2,1-4H3;1-3,9H,(H,11,12)/q+1;/p-1. The van der Waals surface area contributed by atoms with Crippen molar-refractivity contribution in [1.29, 1.82) is 0 Å². The number of aromatic amines is 1. The van der Waals surface area contributed by atoms with Crippen LogP contribution in [0.1, 0.15) is 89.4 Å². The molecule has 0 atom stereocenters. The van der Waals surface area contributed by atoms with Gasteiger partial charge in [-0.1, -0.05) is 64.7 Å². The lowest BCUT2D eigenvalue weighted by molar-refractivity contribution is -0.929. The van der Waals surface area contributed by atoms with Gasteiger partial charge in [0.2, 0.25) is 5.52 Å². The molecule has 0 saturated carbocycles. The number of aromatic nitrogens is 3. The number of carbonyl (C=O) groups is 1. The summed E-state index contributed by atoms with van der Waals surface area (Å²) in [5, 5.41) is 27.1. The molecule has 2 aromatic rings. The average Bonchev–Trinajstić information content (AvgIpc) is 3.14. The van der Waals surface area contributed by atoms with E-state index in [1.807, 2.05) is 0 Å². The molecule has 1 aromatic heterocycles. The molecule has 0 amide bonds. The van der Waals surface area contributed by atoms with E-state index in [0.29, 0.717) is 4.85 Å². The van der Waals surface area contributed by atoms with E-state index in [-0.39, 0.29) is 16.6 Å². The van der Waals surface area contributed by atoms with Crippen LogP contribution in [0.4, 0.5) is 0 Å². The SMILES string of the molecule is CCCC[N+](CCCC)(CCCC)CCCC.O=C([O-])c1cccc2c1n[nH][n+]2[O-]. The molecule has 0 spiro atoms. The third-order valence-electron chi connectivity index (χ3n) is 5.65. The molecule has 0 aliphatic rings. The lowest BCUT2D eigenvalue weighted by Gasteiger charge is -2.39. The monoisotopic (exact) mass is 420 g/mol. The van der Waals surface area contributed by atoms with Crippen LogP contribution < -0.4 is 9.95 Å². The number of aromatic carboxylic acids is 1. The van der Waals surface area contributed by atoms with Crippen LogP contribution >= 0.6 is 0 Å². The topological polar surface area (TPSA) is 95.8 Å². The van der Waals surface area contributed by atoms with Crippen LogP contribution in [0.3, 0.4) is 0 Å². The van der Waals surface area contributed by atoms with Gasteiger partial charge < -0.3 is 19.6 Å². The Labute approximate surface area is 181 Å². The number of quaternary nitrogens is 1. The number of unbranched alkanes of at least 4 members (excludes halogenated alkanes) is 4. The first-order chi connectivity index (χ1) is 14.4. The van der Waals surface area contributed by atoms with Gasteiger partial charge in [-0.15, -0.1) is 0 Å². The second kappa shape index (κ2) is 14.0. The number of fused-ring (bicyclic) bond motifs is 1. The minimum Gasteiger partial charge on any atom is -0.692 e. The number of hydrogen-bond donors (Lipinski definition) is 1. The highest BCUT2D eigenvalue weighted by Crippen LogP contribution is 2.16. The fourth-order valence-corrected chi connectivity index (χ4v) is 3.77. The van der Waals surface area contributed by atoms with Crippen molar-refractivity contribution < 1.29 is 19.2 Å². The third-order valence-corrected chi connectivity index (χ3v) is 5.65. The fourth-order valence-electron chi connectivity index (χ4n) is 3.77. The van der Waals surface area contributed by atoms with Crippen LogP contribution in [0.5, 0.6) is 0 Å². The van der Waals surface area contributed by atoms with E-state index in [4.69, 9.17) is 0 Å². The van der Waals surface area contributed by atoms with Gasteiger partial charge in [0.05, 0.1) is 37.7 Å². The van der Waals surface area contributed by atoms with Crippen LogP contribution in [0.15, 0.2) is 18.2 Å². The molecule has 0 radical (unpaired) electrons. The molecule has 0 aliphatic heterocycles. The molecule has 0 unspecified atom stereocenters. The number of hydrogen-bond acceptors (Lipinski definition) is 4. The molecule has 1 N–H and O–H groups in total. The molecule has 170 valence electrons. The minimum absolute atomic E-state index is 0.0941. The first-order valence-corrected chi connectivity index (χ1v) is 11.6. The molecule has 0 aliphatic carbocycles. The zero-order valence-electron chi connectivity index (χ0n) is 19.3. The number of para-hydroxylation sites is 1. The predicted octanol–water partition coefficient (Wildman–Crippen LogP) is 3.56. The van der Waals surface area contributed by atoms with Crippen molar-refractivity contribution in [3.63, 3.8) is 0 Å². The Morgan fingerprint density at radius 1 is 0.933 bits per heavy atom. The Kier molecular flexibility index (Phi) is 12.0. The molecule has 0 saturated heterocycles. The number of carboxylic acids is 1. The normalized spacial score (nSPS) is 11.3. The van der Waals surface area contributed by atoms with Gasteiger partial charge in [-0.2, -0.15) is 4.85 Å². The summed E-state index contributed by atoms with van der Waals surface area (Å²) in [6.07, 6.45) is 11.1. The summed E-state index contributed by atoms with van der Waals surface area (Å²) in [6, 6.07) is 4.26. The maximum absolute atomic E-state index is 10.9. The summed E-state index contributed by atoms with van der Waals surface area (Å²) >= 11 is 0. The number of carbonyl (C=O) groups excluding carboxylic acids is 1. The van der Waals surface area contributed by atoms with Crippen LogP contribution in [0.2, 0.25) is 0 Å². The summed E-state index contributed by atoms with van der Waals surface area (Å²) in [6.45, 7) is 15.0. The predicted molar refractivity (Wildman–Crippen MR) is 119 cm³/mol. The van der Waals surface area contributed by atoms with Crippen LogP contribution in [0.25, 0.3) is 11.0 Å². The highest BCUT2D eigenvalue weighted by molar-refractivity contribution is 5.98. The summed E-state index contributed by atoms with van der Waals surface area (Å²) in [5.41, 5.74) is 0.197. The molecule has 0 fully saturated rings. The summed E-state index contributed by atoms with van der Waals surface area (Å²) < 4.78 is 1.42. The van der Waals surface area contributed by atoms with Crippen molar-refractivity contribution in [2.75, 3.05) is 26.2 Å². The van der Waals surface area contributed by atoms with E-state index < -0.39 is 5.97 Å². The smallest absolute Gasteiger partial charge is 0.258 e. The molecular weight excluding hydrogens is 380 g/mol. The van der Waals surface area contributed by atoms with Crippen molar-refractivity contribution in [3.05, 3.63) is 29.0 Å². The molecule has 1 heterocycles. The van der Waals surface area contributed by atoms with Crippen molar-refractivity contribution in [1.82, 2.24) is 10.3 Å². The molecule has 7 nitrogen and oxygen atoms in total. The number of benzene rings is 1. The van der Waals surface area contributed by atoms with Crippen molar-refractivity contribution in [2.45, 2.75) is 79.1 Å². The molecular formula is C23H40N4O3. The van der Waals surface area contributed by atoms with Gasteiger partial charge in [-0.05, 0) is 37.8 Å². The third kappa shape index (κ3) is 7.94. The average molecular weight is 421 g/mol. The Morgan fingerprint density at radius 2 is 1.40 bits per heavy atom. The Bertz CT molecular complexity index is 708. The van der Waals surface area contributed by atoms with Gasteiger partial charge in [0, 0.05) is 5.10 Å². The molecule has 7 heteroatoms. The lowest BCUT2D eigenvalue weighted by atomic mass is 10.1. The quantitative estimate of drug-likeness (QED) is 0.304. The number of rotatable bonds is 13. The summed E-state index contributed by atoms with van der Waals surface area (Å²) in [5.74, 6) is -1.35. The van der Waals surface area contributed by atoms with Gasteiger partial charge in [0.25, 0.3) is 5.52 Å². The second-order valence-corrected chi connectivity index (χ2v) is 8.12. The number of H-pyrrole nitrogens is 1. The maximum atomic E-state index is 10.9. The summed E-state index contributed by atoms with van der Waals surface area (Å²) in [7, 11) is 0. The second-order valence-electron chi connectivity index (χ2n) is 8.12. The van der Waals surface area contributed by atoms with Gasteiger partial charge in [-0.25, -0.2) is 0 Å². The number of nitrogens with zero attached hydrogens (tertiary/aromatic N) is 3. The van der Waals surface area contributed by atoms with Crippen LogP contribution in [-0.4, -0.2) is 46.9 Å². The van der Waals surface area contributed by atoms with Crippen molar-refractivity contribution in [3.8, 4) is 0 Å². The Morgan fingerprint density at radius 3 is 1.80 bits per heavy atom. The number of carboxylic acid groups (broad SMARTS) is 1. The van der Waals surface area contributed by atoms with Gasteiger partial charge in [-0.3, -0.25) is 0 Å². The Balaban J connectivity index is 0.000000308. The highest BCUT2D eigenvalue weighted by atomic mass is 16.5. The first-order valence-electron chi connectivity index (χ1n) is 11.6. The van der Waals surface area contributed by atoms with Gasteiger partial charge in [0.1, 0.15) is 0 Å². The maximum Gasteiger partial charge on any atom is 0.258 e. The van der Waals surface area contributed by atoms with E-state index >= 15 is 0 Å². The Hall–Kier alpha value is -2.15. The molecule has 1 aromatic carbocycles. The number of nitrogens with one attached hydrogen (secondary N) is 1. The fraction of sp³-hybridized carbons (Fsp3) is 0.696. The molecule has 0 bridgehead atoms. The van der Waals surface area contributed by atoms with E-state index in [1.54, 1.807) is 0 Å². The van der Waals surface area contributed by atoms with E-state index in [9.17, 15) is 15.1 Å². The van der Waals surface area contributed by atoms with Crippen molar-refractivity contribution >= 4 is 17.0 Å². The van der Waals surface area contributed by atoms with Crippen molar-refractivity contribution in [2.24, 2.45) is 0 Å². The van der Waals surface area contributed by atoms with E-state index in [2.05, 4.69) is 38.0 Å². The van der Waals surface area contributed by atoms with E-state index in [0.717, 1.165) is 0 Å². The minimum atomic E-state index is -1.35. The van der Waals surface area contributed by atoms with Crippen LogP contribution in [0, 0.1) is 5.21 Å². The van der Waals surface area contributed by atoms with Gasteiger partial charge in [0.15, 0.2) is 0 Å². The molecule has 30 heavy (non-hydrogen) atoms. The first kappa shape index (κ1) is 25.9. The lowest BCUT2D eigenvalue weighted by Crippen LogP contribution is -2.50. The summed E-state index contributed by atoms with van der Waals surface area (Å²) in [4.78, 5) is 10.9. The molecule has 2 rings (SSSR count). The van der Waals surface area contributed by atoms with Gasteiger partial charge >= 0.3 is 0 Å². The van der Waals surface area contributed by atoms with E-state index in [1.165, 1.54) is 100 Å². The zero-order chi connectivity index (χ0) is 22.4. The zero-order valence-corrected chi connectivity index (χ0v) is 19.3. The highest BCUT2D eigenvalue weighted by Gasteiger charge is 2.24. The largest absolute Gasteiger partial charge is 0.692 e.